The van der Waals surface area contributed by atoms with Gasteiger partial charge in [0.2, 0.25) is 0 Å². The highest BCUT2D eigenvalue weighted by Gasteiger charge is 2.36. The molecule has 4 nitrogen and oxygen atoms in total. The lowest BCUT2D eigenvalue weighted by Crippen LogP contribution is -2.16. The molecule has 0 N–H and O–H groups in total. The number of fused-ring (bicyclic) bond motifs is 10. The third kappa shape index (κ3) is 5.60. The first kappa shape index (κ1) is 37.7. The predicted molar refractivity (Wildman–Crippen MR) is 277 cm³/mol. The van der Waals surface area contributed by atoms with Crippen molar-refractivity contribution in [3.63, 3.8) is 0 Å². The first-order chi connectivity index (χ1) is 33.0. The quantitative estimate of drug-likeness (QED) is 0.165. The van der Waals surface area contributed by atoms with E-state index in [4.69, 9.17) is 9.47 Å². The topological polar surface area (TPSA) is 24.9 Å². The minimum atomic E-state index is -0.160. The van der Waals surface area contributed by atoms with E-state index < -0.39 is 0 Å². The van der Waals surface area contributed by atoms with Crippen molar-refractivity contribution in [2.24, 2.45) is 0 Å². The smallest absolute Gasteiger partial charge is 0.151 e. The van der Waals surface area contributed by atoms with Crippen molar-refractivity contribution in [3.05, 3.63) is 230 Å². The van der Waals surface area contributed by atoms with Crippen LogP contribution in [-0.2, 0) is 5.41 Å². The summed E-state index contributed by atoms with van der Waals surface area (Å²) in [6.07, 6.45) is 0. The lowest BCUT2D eigenvalue weighted by molar-refractivity contribution is 0.477. The maximum absolute atomic E-state index is 6.53. The van der Waals surface area contributed by atoms with Crippen molar-refractivity contribution >= 4 is 66.4 Å². The molecular formula is C63H42N2O2. The molecule has 0 radical (unpaired) electrons. The highest BCUT2D eigenvalue weighted by Crippen LogP contribution is 2.56. The van der Waals surface area contributed by atoms with E-state index >= 15 is 0 Å². The average molecular weight is 859 g/mol. The highest BCUT2D eigenvalue weighted by molar-refractivity contribution is 6.23. The second kappa shape index (κ2) is 14.2. The van der Waals surface area contributed by atoms with Crippen LogP contribution in [0.5, 0.6) is 23.0 Å². The summed E-state index contributed by atoms with van der Waals surface area (Å²) in [4.78, 5) is 4.71. The predicted octanol–water partition coefficient (Wildman–Crippen LogP) is 17.9. The molecule has 0 aromatic heterocycles. The second-order valence-electron chi connectivity index (χ2n) is 18.4. The van der Waals surface area contributed by atoms with Gasteiger partial charge in [0.05, 0.1) is 22.7 Å². The second-order valence-corrected chi connectivity index (χ2v) is 18.4. The van der Waals surface area contributed by atoms with Crippen LogP contribution in [0.15, 0.2) is 218 Å². The Morgan fingerprint density at radius 1 is 0.328 bits per heavy atom. The maximum Gasteiger partial charge on any atom is 0.151 e. The molecule has 0 amide bonds. The lowest BCUT2D eigenvalue weighted by atomic mass is 9.80. The van der Waals surface area contributed by atoms with E-state index in [0.717, 1.165) is 62.7 Å². The number of anilines is 6. The van der Waals surface area contributed by atoms with Crippen molar-refractivity contribution in [2.45, 2.75) is 19.3 Å². The van der Waals surface area contributed by atoms with Crippen molar-refractivity contribution in [2.75, 3.05) is 9.80 Å². The van der Waals surface area contributed by atoms with E-state index in [0.29, 0.717) is 0 Å². The maximum atomic E-state index is 6.53. The normalized spacial score (nSPS) is 13.8. The highest BCUT2D eigenvalue weighted by atomic mass is 16.5. The lowest BCUT2D eigenvalue weighted by Gasteiger charge is -2.33. The average Bonchev–Trinajstić information content (AvgIpc) is 3.60. The van der Waals surface area contributed by atoms with Crippen LogP contribution in [0.1, 0.15) is 25.0 Å². The van der Waals surface area contributed by atoms with Gasteiger partial charge in [0.1, 0.15) is 0 Å². The van der Waals surface area contributed by atoms with Crippen LogP contribution in [-0.4, -0.2) is 0 Å². The van der Waals surface area contributed by atoms with Gasteiger partial charge in [0, 0.05) is 16.8 Å². The van der Waals surface area contributed by atoms with E-state index in [-0.39, 0.29) is 5.41 Å². The minimum Gasteiger partial charge on any atom is -0.453 e. The Balaban J connectivity index is 1.11. The Morgan fingerprint density at radius 2 is 0.761 bits per heavy atom. The number of benzene rings is 11. The van der Waals surface area contributed by atoms with Crippen LogP contribution in [0.3, 0.4) is 0 Å². The van der Waals surface area contributed by atoms with Crippen LogP contribution >= 0.6 is 0 Å². The first-order valence-corrected chi connectivity index (χ1v) is 23.1. The molecule has 2 aliphatic heterocycles. The Kier molecular flexibility index (Phi) is 8.00. The van der Waals surface area contributed by atoms with Gasteiger partial charge in [0.25, 0.3) is 0 Å². The molecule has 4 heteroatoms. The Bertz CT molecular complexity index is 3640. The molecule has 0 unspecified atom stereocenters. The van der Waals surface area contributed by atoms with E-state index in [1.807, 2.05) is 24.3 Å². The van der Waals surface area contributed by atoms with Crippen LogP contribution in [0.4, 0.5) is 34.1 Å². The van der Waals surface area contributed by atoms with Crippen LogP contribution in [0.25, 0.3) is 65.7 Å². The van der Waals surface area contributed by atoms with E-state index in [1.165, 1.54) is 71.3 Å². The van der Waals surface area contributed by atoms with Crippen molar-refractivity contribution < 1.29 is 9.47 Å². The fraction of sp³-hybridized carbons (Fsp3) is 0.0476. The molecule has 316 valence electrons. The summed E-state index contributed by atoms with van der Waals surface area (Å²) < 4.78 is 13.1. The molecule has 2 heterocycles. The molecule has 0 saturated heterocycles. The van der Waals surface area contributed by atoms with Gasteiger partial charge in [0.15, 0.2) is 23.0 Å². The molecule has 3 aliphatic rings. The molecule has 0 atom stereocenters. The standard InChI is InChI=1S/C63H42N2O2/c1-63(2)51-18-6-5-17-45(51)46-32-29-42(36-52(46)63)61-47-33-30-43(64-53-19-7-11-23-57(53)66-58-24-12-8-20-54(58)64)37-49(47)62(41-28-27-39-15-3-4-16-40(39)35-41)50-38-44(31-34-48(50)61)65-55-21-9-13-25-59(55)67-60-26-14-10-22-56(60)65/h3-38H,1-2H3. The van der Waals surface area contributed by atoms with Gasteiger partial charge in [-0.3, -0.25) is 0 Å². The minimum absolute atomic E-state index is 0.160. The third-order valence-electron chi connectivity index (χ3n) is 14.4. The summed E-state index contributed by atoms with van der Waals surface area (Å²) >= 11 is 0. The van der Waals surface area contributed by atoms with Crippen molar-refractivity contribution in [1.29, 1.82) is 0 Å². The summed E-state index contributed by atoms with van der Waals surface area (Å²) in [5.74, 6) is 3.31. The van der Waals surface area contributed by atoms with Crippen molar-refractivity contribution in [3.8, 4) is 56.4 Å². The van der Waals surface area contributed by atoms with Gasteiger partial charge in [-0.25, -0.2) is 0 Å². The van der Waals surface area contributed by atoms with Crippen molar-refractivity contribution in [1.82, 2.24) is 0 Å². The molecule has 11 aromatic carbocycles. The summed E-state index contributed by atoms with van der Waals surface area (Å²) in [5, 5.41) is 7.13. The fourth-order valence-electron chi connectivity index (χ4n) is 11.3. The summed E-state index contributed by atoms with van der Waals surface area (Å²) in [7, 11) is 0. The number of rotatable bonds is 4. The zero-order valence-corrected chi connectivity index (χ0v) is 37.0. The molecule has 1 aliphatic carbocycles. The van der Waals surface area contributed by atoms with Gasteiger partial charge in [-0.05, 0) is 162 Å². The molecule has 11 aromatic rings. The molecule has 0 bridgehead atoms. The number of nitrogens with zero attached hydrogens (tertiary/aromatic N) is 2. The number of para-hydroxylation sites is 8. The Labute approximate surface area is 389 Å². The van der Waals surface area contributed by atoms with E-state index in [2.05, 4.69) is 218 Å². The van der Waals surface area contributed by atoms with E-state index in [1.54, 1.807) is 0 Å². The van der Waals surface area contributed by atoms with Gasteiger partial charge >= 0.3 is 0 Å². The summed E-state index contributed by atoms with van der Waals surface area (Å²) in [5.41, 5.74) is 16.1. The molecule has 0 saturated carbocycles. The van der Waals surface area contributed by atoms with Gasteiger partial charge in [-0.1, -0.05) is 147 Å². The number of ether oxygens (including phenoxy) is 2. The van der Waals surface area contributed by atoms with Crippen LogP contribution in [0.2, 0.25) is 0 Å². The van der Waals surface area contributed by atoms with E-state index in [9.17, 15) is 0 Å². The zero-order chi connectivity index (χ0) is 44.4. The SMILES string of the molecule is CC1(C)c2ccccc2-c2ccc(-c3c4ccc(N5c6ccccc6Oc6ccccc65)cc4c(-c4ccc5ccccc5c4)c4cc(N5c6ccccc6Oc6ccccc65)ccc34)cc21. The molecular weight excluding hydrogens is 817 g/mol. The molecule has 0 spiro atoms. The number of hydrogen-bond acceptors (Lipinski definition) is 4. The number of hydrogen-bond donors (Lipinski definition) is 0. The zero-order valence-electron chi connectivity index (χ0n) is 37.0. The van der Waals surface area contributed by atoms with Gasteiger partial charge < -0.3 is 19.3 Å². The largest absolute Gasteiger partial charge is 0.453 e. The first-order valence-electron chi connectivity index (χ1n) is 23.1. The Hall–Kier alpha value is -8.60. The monoisotopic (exact) mass is 858 g/mol. The molecule has 14 rings (SSSR count). The third-order valence-corrected chi connectivity index (χ3v) is 14.4. The fourth-order valence-corrected chi connectivity index (χ4v) is 11.3. The molecule has 0 fully saturated rings. The molecule has 67 heavy (non-hydrogen) atoms. The summed E-state index contributed by atoms with van der Waals surface area (Å²) in [6, 6.07) is 79.2. The summed E-state index contributed by atoms with van der Waals surface area (Å²) in [6.45, 7) is 4.74. The van der Waals surface area contributed by atoms with Gasteiger partial charge in [-0.15, -0.1) is 0 Å². The van der Waals surface area contributed by atoms with Crippen LogP contribution < -0.4 is 19.3 Å². The van der Waals surface area contributed by atoms with Gasteiger partial charge in [-0.2, -0.15) is 0 Å². The Morgan fingerprint density at radius 3 is 1.33 bits per heavy atom. The van der Waals surface area contributed by atoms with Crippen LogP contribution in [0, 0.1) is 0 Å².